The fraction of sp³-hybridized carbons (Fsp3) is 0.625. The second-order valence-electron chi connectivity index (χ2n) is 8.21. The Balaban J connectivity index is 2.71. The average Bonchev–Trinajstić information content (AvgIpc) is 2.50. The minimum atomic E-state index is -1.89. The molecule has 1 aliphatic rings. The maximum Gasteiger partial charge on any atom is 0.214 e. The van der Waals surface area contributed by atoms with E-state index in [0.717, 1.165) is 0 Å². The van der Waals surface area contributed by atoms with E-state index in [0.29, 0.717) is 0 Å². The van der Waals surface area contributed by atoms with E-state index in [9.17, 15) is 0 Å². The predicted molar refractivity (Wildman–Crippen MR) is 89.5 cm³/mol. The third kappa shape index (κ3) is 1.98. The van der Waals surface area contributed by atoms with E-state index in [1.807, 2.05) is 0 Å². The molecule has 0 spiro atoms. The van der Waals surface area contributed by atoms with E-state index in [1.165, 1.54) is 0 Å². The number of hydrogen-bond acceptors (Lipinski definition) is 1. The van der Waals surface area contributed by atoms with Crippen molar-refractivity contribution < 1.29 is 4.12 Å². The van der Waals surface area contributed by atoms with Crippen molar-refractivity contribution in [2.45, 2.75) is 64.7 Å². The molecule has 106 valence electrons. The van der Waals surface area contributed by atoms with E-state index >= 15 is 0 Å². The molecule has 0 amide bonds. The summed E-state index contributed by atoms with van der Waals surface area (Å²) in [6, 6.07) is 9.03. The Morgan fingerprint density at radius 1 is 0.737 bits per heavy atom. The van der Waals surface area contributed by atoms with E-state index in [4.69, 9.17) is 4.12 Å². The Labute approximate surface area is 120 Å². The van der Waals surface area contributed by atoms with Gasteiger partial charge in [-0.25, -0.2) is 0 Å². The summed E-state index contributed by atoms with van der Waals surface area (Å²) in [6.07, 6.45) is 0. The third-order valence-corrected chi connectivity index (χ3v) is 17.4. The summed E-state index contributed by atoms with van der Waals surface area (Å²) in [5.74, 6) is 0. The van der Waals surface area contributed by atoms with Gasteiger partial charge in [0.25, 0.3) is 0 Å². The Morgan fingerprint density at radius 2 is 1.05 bits per heavy atom. The van der Waals surface area contributed by atoms with Gasteiger partial charge in [0.15, 0.2) is 0 Å². The molecule has 2 atom stereocenters. The van der Waals surface area contributed by atoms with Crippen LogP contribution in [-0.4, -0.2) is 16.6 Å². The van der Waals surface area contributed by atoms with E-state index in [1.54, 1.807) is 10.4 Å². The Kier molecular flexibility index (Phi) is 3.21. The van der Waals surface area contributed by atoms with Gasteiger partial charge in [-0.15, -0.1) is 0 Å². The molecule has 1 aromatic rings. The molecule has 19 heavy (non-hydrogen) atoms. The van der Waals surface area contributed by atoms with Gasteiger partial charge in [0.1, 0.15) is 0 Å². The summed E-state index contributed by atoms with van der Waals surface area (Å²) in [5.41, 5.74) is 0. The van der Waals surface area contributed by atoms with E-state index < -0.39 is 16.6 Å². The summed E-state index contributed by atoms with van der Waals surface area (Å²) in [6.45, 7) is 18.9. The molecule has 1 aromatic carbocycles. The van der Waals surface area contributed by atoms with Crippen LogP contribution in [0.2, 0.25) is 23.2 Å². The maximum atomic E-state index is 7.01. The van der Waals surface area contributed by atoms with Crippen LogP contribution in [0.4, 0.5) is 0 Å². The first-order valence-corrected chi connectivity index (χ1v) is 12.1. The van der Waals surface area contributed by atoms with Crippen LogP contribution in [0.15, 0.2) is 24.3 Å². The molecule has 0 N–H and O–H groups in total. The van der Waals surface area contributed by atoms with Crippen LogP contribution in [0.3, 0.4) is 0 Å². The summed E-state index contributed by atoms with van der Waals surface area (Å²) in [7, 11) is -3.78. The zero-order valence-electron chi connectivity index (χ0n) is 13.7. The zero-order chi connectivity index (χ0) is 14.7. The first kappa shape index (κ1) is 15.0. The topological polar surface area (TPSA) is 9.23 Å². The fourth-order valence-electron chi connectivity index (χ4n) is 2.95. The molecule has 0 saturated heterocycles. The van der Waals surface area contributed by atoms with Crippen molar-refractivity contribution in [1.82, 2.24) is 0 Å². The monoisotopic (exact) mass is 292 g/mol. The van der Waals surface area contributed by atoms with Gasteiger partial charge >= 0.3 is 0 Å². The molecule has 0 saturated carbocycles. The van der Waals surface area contributed by atoms with Crippen LogP contribution in [0.25, 0.3) is 0 Å². The molecular weight excluding hydrogens is 264 g/mol. The molecule has 1 aliphatic heterocycles. The number of hydrogen-bond donors (Lipinski definition) is 0. The van der Waals surface area contributed by atoms with Crippen LogP contribution in [0, 0.1) is 0 Å². The molecule has 3 heteroatoms. The predicted octanol–water partition coefficient (Wildman–Crippen LogP) is 3.88. The number of rotatable bonds is 0. The smallest absolute Gasteiger partial charge is 0.214 e. The van der Waals surface area contributed by atoms with Crippen LogP contribution in [-0.2, 0) is 4.12 Å². The van der Waals surface area contributed by atoms with Crippen molar-refractivity contribution >= 4 is 27.0 Å². The largest absolute Gasteiger partial charge is 0.448 e. The van der Waals surface area contributed by atoms with Gasteiger partial charge in [-0.1, -0.05) is 65.8 Å². The lowest BCUT2D eigenvalue weighted by Gasteiger charge is -2.43. The quantitative estimate of drug-likeness (QED) is 0.659. The fourth-order valence-corrected chi connectivity index (χ4v) is 14.6. The van der Waals surface area contributed by atoms with Crippen LogP contribution >= 0.6 is 0 Å². The van der Waals surface area contributed by atoms with Gasteiger partial charge in [0.2, 0.25) is 16.6 Å². The van der Waals surface area contributed by atoms with Crippen LogP contribution < -0.4 is 10.4 Å². The van der Waals surface area contributed by atoms with Gasteiger partial charge in [0.05, 0.1) is 0 Å². The summed E-state index contributed by atoms with van der Waals surface area (Å²) >= 11 is 0. The first-order chi connectivity index (χ1) is 8.43. The minimum Gasteiger partial charge on any atom is -0.448 e. The normalized spacial score (nSPS) is 31.4. The maximum absolute atomic E-state index is 7.01. The highest BCUT2D eigenvalue weighted by molar-refractivity contribution is 7.08. The highest BCUT2D eigenvalue weighted by Crippen LogP contribution is 2.47. The molecular formula is C16H28OSi2. The van der Waals surface area contributed by atoms with Gasteiger partial charge in [0, 0.05) is 0 Å². The van der Waals surface area contributed by atoms with Crippen molar-refractivity contribution in [1.29, 1.82) is 0 Å². The highest BCUT2D eigenvalue weighted by Gasteiger charge is 2.60. The molecule has 0 bridgehead atoms. The highest BCUT2D eigenvalue weighted by atomic mass is 28.4. The average molecular weight is 293 g/mol. The second-order valence-corrected chi connectivity index (χ2v) is 17.2. The van der Waals surface area contributed by atoms with Crippen molar-refractivity contribution in [2.24, 2.45) is 0 Å². The lowest BCUT2D eigenvalue weighted by molar-refractivity contribution is 0.471. The van der Waals surface area contributed by atoms with Gasteiger partial charge in [-0.2, -0.15) is 0 Å². The molecule has 1 nitrogen and oxygen atoms in total. The van der Waals surface area contributed by atoms with Crippen LogP contribution in [0.5, 0.6) is 0 Å². The van der Waals surface area contributed by atoms with Crippen molar-refractivity contribution in [2.75, 3.05) is 0 Å². The summed E-state index contributed by atoms with van der Waals surface area (Å²) < 4.78 is 7.01. The molecule has 1 heterocycles. The van der Waals surface area contributed by atoms with E-state index in [-0.39, 0.29) is 10.1 Å². The van der Waals surface area contributed by atoms with Crippen molar-refractivity contribution in [3.8, 4) is 0 Å². The Hall–Kier alpha value is -0.386. The zero-order valence-corrected chi connectivity index (χ0v) is 15.7. The Bertz CT molecular complexity index is 453. The van der Waals surface area contributed by atoms with Crippen molar-refractivity contribution in [3.63, 3.8) is 0 Å². The first-order valence-electron chi connectivity index (χ1n) is 7.24. The lowest BCUT2D eigenvalue weighted by atomic mass is 10.2. The number of benzene rings is 1. The molecule has 2 rings (SSSR count). The minimum absolute atomic E-state index is 0.235. The SMILES string of the molecule is CC(C)(C)[Si@@]1(C)O[Si@@](C)(C(C)(C)C)c2ccccc21. The lowest BCUT2D eigenvalue weighted by Crippen LogP contribution is -2.55. The molecule has 0 fully saturated rings. The third-order valence-electron chi connectivity index (χ3n) is 5.23. The molecule has 0 aromatic heterocycles. The number of fused-ring (bicyclic) bond motifs is 1. The second kappa shape index (κ2) is 4.06. The summed E-state index contributed by atoms with van der Waals surface area (Å²) in [4.78, 5) is 0. The van der Waals surface area contributed by atoms with Crippen molar-refractivity contribution in [3.05, 3.63) is 24.3 Å². The standard InChI is InChI=1S/C16H28OSi2/c1-15(2,3)18(7)13-11-9-10-12-14(13)19(8,17-18)16(4,5)6/h9-12H,1-8H3/t18-,19+. The van der Waals surface area contributed by atoms with Gasteiger partial charge in [-0.3, -0.25) is 0 Å². The summed E-state index contributed by atoms with van der Waals surface area (Å²) in [5, 5.41) is 3.57. The van der Waals surface area contributed by atoms with Gasteiger partial charge in [-0.05, 0) is 33.5 Å². The molecule has 0 aliphatic carbocycles. The molecule has 0 unspecified atom stereocenters. The van der Waals surface area contributed by atoms with Crippen LogP contribution in [0.1, 0.15) is 41.5 Å². The Morgan fingerprint density at radius 3 is 1.32 bits per heavy atom. The van der Waals surface area contributed by atoms with E-state index in [2.05, 4.69) is 78.9 Å². The van der Waals surface area contributed by atoms with Gasteiger partial charge < -0.3 is 4.12 Å². The molecule has 0 radical (unpaired) electrons.